The third-order valence-corrected chi connectivity index (χ3v) is 9.02. The Morgan fingerprint density at radius 1 is 1.00 bits per heavy atom. The number of rotatable bonds is 9. The van der Waals surface area contributed by atoms with E-state index in [1.54, 1.807) is 0 Å². The van der Waals surface area contributed by atoms with Crippen LogP contribution in [0.1, 0.15) is 41.5 Å². The van der Waals surface area contributed by atoms with Crippen molar-refractivity contribution < 1.29 is 9.53 Å². The molecule has 0 heterocycles. The lowest BCUT2D eigenvalue weighted by Crippen LogP contribution is -2.44. The van der Waals surface area contributed by atoms with Gasteiger partial charge in [-0.15, -0.1) is 0 Å². The van der Waals surface area contributed by atoms with E-state index in [0.717, 1.165) is 0 Å². The van der Waals surface area contributed by atoms with Crippen molar-refractivity contribution in [3.63, 3.8) is 0 Å². The van der Waals surface area contributed by atoms with Gasteiger partial charge >= 0.3 is 5.97 Å². The van der Waals surface area contributed by atoms with Gasteiger partial charge in [0.1, 0.15) is 0 Å². The van der Waals surface area contributed by atoms with Crippen molar-refractivity contribution in [2.45, 2.75) is 59.7 Å². The van der Waals surface area contributed by atoms with Crippen LogP contribution in [0.25, 0.3) is 0 Å². The van der Waals surface area contributed by atoms with E-state index in [1.165, 1.54) is 24.2 Å². The molecule has 0 spiro atoms. The SMILES string of the molecule is C=CC(=O)OC[Si](CC(C)C)(CC(C)C)CC(C)C. The second-order valence-electron chi connectivity index (χ2n) is 7.11. The van der Waals surface area contributed by atoms with Crippen molar-refractivity contribution in [2.75, 3.05) is 6.23 Å². The van der Waals surface area contributed by atoms with Crippen molar-refractivity contribution in [2.24, 2.45) is 17.8 Å². The molecule has 3 heteroatoms. The maximum atomic E-state index is 11.4. The summed E-state index contributed by atoms with van der Waals surface area (Å²) in [5.74, 6) is 1.75. The fraction of sp³-hybridized carbons (Fsp3) is 0.812. The first-order chi connectivity index (χ1) is 8.70. The molecule has 0 N–H and O–H groups in total. The maximum Gasteiger partial charge on any atom is 0.329 e. The van der Waals surface area contributed by atoms with E-state index < -0.39 is 8.07 Å². The van der Waals surface area contributed by atoms with E-state index in [-0.39, 0.29) is 5.97 Å². The molecule has 112 valence electrons. The summed E-state index contributed by atoms with van der Waals surface area (Å²) >= 11 is 0. The largest absolute Gasteiger partial charge is 0.466 e. The molecule has 0 atom stereocenters. The smallest absolute Gasteiger partial charge is 0.329 e. The number of carbonyl (C=O) groups is 1. The van der Waals surface area contributed by atoms with Crippen LogP contribution in [0.15, 0.2) is 12.7 Å². The molecule has 0 saturated carbocycles. The molecule has 0 aliphatic heterocycles. The third-order valence-electron chi connectivity index (χ3n) is 3.21. The van der Waals surface area contributed by atoms with Crippen molar-refractivity contribution in [1.29, 1.82) is 0 Å². The molecule has 0 bridgehead atoms. The number of carbonyl (C=O) groups excluding carboxylic acids is 1. The zero-order valence-electron chi connectivity index (χ0n) is 13.7. The fourth-order valence-electron chi connectivity index (χ4n) is 3.31. The summed E-state index contributed by atoms with van der Waals surface area (Å²) in [5.41, 5.74) is 0. The molecule has 0 rings (SSSR count). The van der Waals surface area contributed by atoms with Crippen LogP contribution in [0, 0.1) is 17.8 Å². The second-order valence-corrected chi connectivity index (χ2v) is 11.6. The van der Waals surface area contributed by atoms with E-state index in [9.17, 15) is 4.79 Å². The van der Waals surface area contributed by atoms with E-state index in [0.29, 0.717) is 24.0 Å². The van der Waals surface area contributed by atoms with Gasteiger partial charge in [-0.1, -0.05) is 66.3 Å². The Balaban J connectivity index is 4.97. The Morgan fingerprint density at radius 2 is 1.37 bits per heavy atom. The lowest BCUT2D eigenvalue weighted by molar-refractivity contribution is -0.136. The van der Waals surface area contributed by atoms with Gasteiger partial charge in [-0.3, -0.25) is 0 Å². The van der Waals surface area contributed by atoms with Crippen LogP contribution in [0.5, 0.6) is 0 Å². The molecule has 0 aliphatic rings. The minimum atomic E-state index is -1.55. The van der Waals surface area contributed by atoms with Crippen molar-refractivity contribution >= 4 is 14.0 Å². The van der Waals surface area contributed by atoms with Crippen LogP contribution in [0.2, 0.25) is 18.1 Å². The Bertz CT molecular complexity index is 256. The van der Waals surface area contributed by atoms with Gasteiger partial charge in [0.15, 0.2) is 0 Å². The molecule has 0 aliphatic carbocycles. The average Bonchev–Trinajstić information content (AvgIpc) is 2.22. The summed E-state index contributed by atoms with van der Waals surface area (Å²) in [5, 5.41) is 0. The molecule has 2 nitrogen and oxygen atoms in total. The molecule has 0 aromatic carbocycles. The van der Waals surface area contributed by atoms with Crippen molar-refractivity contribution in [3.05, 3.63) is 12.7 Å². The molecule has 0 aromatic rings. The molecule has 0 radical (unpaired) electrons. The van der Waals surface area contributed by atoms with E-state index >= 15 is 0 Å². The van der Waals surface area contributed by atoms with Crippen molar-refractivity contribution in [1.82, 2.24) is 0 Å². The lowest BCUT2D eigenvalue weighted by atomic mass is 10.2. The van der Waals surface area contributed by atoms with Crippen LogP contribution >= 0.6 is 0 Å². The van der Waals surface area contributed by atoms with Gasteiger partial charge in [0.2, 0.25) is 0 Å². The van der Waals surface area contributed by atoms with Gasteiger partial charge in [0.05, 0.1) is 14.3 Å². The minimum Gasteiger partial charge on any atom is -0.466 e. The summed E-state index contributed by atoms with van der Waals surface area (Å²) in [6.45, 7) is 17.1. The van der Waals surface area contributed by atoms with Crippen LogP contribution in [0.3, 0.4) is 0 Å². The highest BCUT2D eigenvalue weighted by Gasteiger charge is 2.36. The zero-order chi connectivity index (χ0) is 15.1. The summed E-state index contributed by atoms with van der Waals surface area (Å²) in [7, 11) is -1.55. The predicted octanol–water partition coefficient (Wildman–Crippen LogP) is 4.67. The highest BCUT2D eigenvalue weighted by atomic mass is 28.3. The molecule has 19 heavy (non-hydrogen) atoms. The molecule has 0 amide bonds. The maximum absolute atomic E-state index is 11.4. The highest BCUT2D eigenvalue weighted by Crippen LogP contribution is 2.32. The average molecular weight is 285 g/mol. The van der Waals surface area contributed by atoms with Gasteiger partial charge < -0.3 is 4.74 Å². The summed E-state index contributed by atoms with van der Waals surface area (Å²) < 4.78 is 5.46. The first kappa shape index (κ1) is 18.4. The quantitative estimate of drug-likeness (QED) is 0.349. The van der Waals surface area contributed by atoms with Gasteiger partial charge in [-0.2, -0.15) is 0 Å². The minimum absolute atomic E-state index is 0.270. The monoisotopic (exact) mass is 284 g/mol. The van der Waals surface area contributed by atoms with Gasteiger partial charge in [-0.25, -0.2) is 4.79 Å². The van der Waals surface area contributed by atoms with Crippen molar-refractivity contribution in [3.8, 4) is 0 Å². The van der Waals surface area contributed by atoms with Crippen LogP contribution in [-0.2, 0) is 9.53 Å². The number of hydrogen-bond acceptors (Lipinski definition) is 2. The third kappa shape index (κ3) is 8.25. The van der Waals surface area contributed by atoms with Gasteiger partial charge in [-0.05, 0) is 17.8 Å². The number of hydrogen-bond donors (Lipinski definition) is 0. The number of esters is 1. The summed E-state index contributed by atoms with van der Waals surface area (Å²) in [4.78, 5) is 11.4. The summed E-state index contributed by atoms with van der Waals surface area (Å²) in [6.07, 6.45) is 1.94. The normalized spacial score (nSPS) is 12.3. The van der Waals surface area contributed by atoms with E-state index in [1.807, 2.05) is 0 Å². The first-order valence-corrected chi connectivity index (χ1v) is 10.3. The predicted molar refractivity (Wildman–Crippen MR) is 85.8 cm³/mol. The van der Waals surface area contributed by atoms with Gasteiger partial charge in [0.25, 0.3) is 0 Å². The van der Waals surface area contributed by atoms with Crippen LogP contribution < -0.4 is 0 Å². The topological polar surface area (TPSA) is 26.3 Å². The Labute approximate surface area is 120 Å². The first-order valence-electron chi connectivity index (χ1n) is 7.50. The molecule has 0 unspecified atom stereocenters. The molecular formula is C16H32O2Si. The number of ether oxygens (including phenoxy) is 1. The Kier molecular flexibility index (Phi) is 8.31. The fourth-order valence-corrected chi connectivity index (χ4v) is 9.81. The molecule has 0 saturated heterocycles. The molecule has 0 fully saturated rings. The van der Waals surface area contributed by atoms with Crippen LogP contribution in [-0.4, -0.2) is 20.3 Å². The standard InChI is InChI=1S/C16H32O2Si/c1-8-16(17)18-12-19(9-13(2)3,10-14(4)5)11-15(6)7/h8,13-15H,1,9-12H2,2-7H3. The Hall–Kier alpha value is -0.573. The lowest BCUT2D eigenvalue weighted by Gasteiger charge is -2.35. The zero-order valence-corrected chi connectivity index (χ0v) is 14.7. The van der Waals surface area contributed by atoms with E-state index in [4.69, 9.17) is 4.74 Å². The highest BCUT2D eigenvalue weighted by molar-refractivity contribution is 6.80. The van der Waals surface area contributed by atoms with Crippen LogP contribution in [0.4, 0.5) is 0 Å². The van der Waals surface area contributed by atoms with E-state index in [2.05, 4.69) is 48.1 Å². The second kappa shape index (κ2) is 8.57. The van der Waals surface area contributed by atoms with Gasteiger partial charge in [0, 0.05) is 6.08 Å². The molecule has 0 aromatic heterocycles. The molecular weight excluding hydrogens is 252 g/mol. The Morgan fingerprint density at radius 3 is 1.63 bits per heavy atom. The summed E-state index contributed by atoms with van der Waals surface area (Å²) in [6, 6.07) is 3.73.